The molecule has 0 heterocycles. The first-order valence-corrected chi connectivity index (χ1v) is 11.7. The van der Waals surface area contributed by atoms with Gasteiger partial charge in [-0.05, 0) is 30.2 Å². The summed E-state index contributed by atoms with van der Waals surface area (Å²) in [5.74, 6) is -0.595. The zero-order valence-corrected chi connectivity index (χ0v) is 19.2. The van der Waals surface area contributed by atoms with E-state index in [0.717, 1.165) is 6.26 Å². The van der Waals surface area contributed by atoms with Gasteiger partial charge in [0.1, 0.15) is 23.1 Å². The number of nitrogens with two attached hydrogens (primary N) is 1. The van der Waals surface area contributed by atoms with Gasteiger partial charge < -0.3 is 30.7 Å². The quantitative estimate of drug-likeness (QED) is 0.404. The van der Waals surface area contributed by atoms with Crippen molar-refractivity contribution in [2.24, 2.45) is 5.73 Å². The van der Waals surface area contributed by atoms with Gasteiger partial charge in [-0.2, -0.15) is 0 Å². The molecule has 0 aliphatic carbocycles. The summed E-state index contributed by atoms with van der Waals surface area (Å²) in [5, 5.41) is 5.02. The molecule has 0 saturated heterocycles. The Kier molecular flexibility index (Phi) is 10.7. The van der Waals surface area contributed by atoms with Crippen LogP contribution in [0.25, 0.3) is 0 Å². The number of alkyl carbamates (subject to hydrolysis) is 1. The van der Waals surface area contributed by atoms with Crippen molar-refractivity contribution < 1.29 is 32.3 Å². The largest absolute Gasteiger partial charge is 0.445 e. The lowest BCUT2D eigenvalue weighted by molar-refractivity contribution is -0.117. The number of nitrogens with one attached hydrogen (secondary N) is 2. The molecule has 0 spiro atoms. The third-order valence-electron chi connectivity index (χ3n) is 4.03. The number of nitrogens with zero attached hydrogens (tertiary/aromatic N) is 1. The molecule has 4 N–H and O–H groups in total. The molecule has 12 heteroatoms. The minimum absolute atomic E-state index is 0.0529. The fourth-order valence-corrected chi connectivity index (χ4v) is 2.81. The van der Waals surface area contributed by atoms with Crippen LogP contribution in [0, 0.1) is 0 Å². The summed E-state index contributed by atoms with van der Waals surface area (Å²) in [6, 6.07) is 4.17. The molecule has 0 fully saturated rings. The Morgan fingerprint density at radius 2 is 1.94 bits per heavy atom. The molecule has 0 unspecified atom stereocenters. The molecule has 11 nitrogen and oxygen atoms in total. The SMILES string of the molecule is C=CCOC(=O)N(C)Cc1cc(NC(=O)[C@H](C)N)ccc1COC(=O)NCCS(C)(=O)=O. The smallest absolute Gasteiger partial charge is 0.410 e. The van der Waals surface area contributed by atoms with Crippen molar-refractivity contribution in [3.63, 3.8) is 0 Å². The van der Waals surface area contributed by atoms with Crippen LogP contribution in [0.15, 0.2) is 30.9 Å². The summed E-state index contributed by atoms with van der Waals surface area (Å²) in [4.78, 5) is 37.1. The van der Waals surface area contributed by atoms with Gasteiger partial charge in [-0.25, -0.2) is 18.0 Å². The highest BCUT2D eigenvalue weighted by atomic mass is 32.2. The predicted octanol–water partition coefficient (Wildman–Crippen LogP) is 0.998. The van der Waals surface area contributed by atoms with Crippen LogP contribution in [0.5, 0.6) is 0 Å². The van der Waals surface area contributed by atoms with E-state index in [4.69, 9.17) is 15.2 Å². The lowest BCUT2D eigenvalue weighted by Crippen LogP contribution is -2.32. The highest BCUT2D eigenvalue weighted by molar-refractivity contribution is 7.90. The Hall–Kier alpha value is -3.12. The molecule has 0 aromatic heterocycles. The Labute approximate surface area is 187 Å². The summed E-state index contributed by atoms with van der Waals surface area (Å²) in [5.41, 5.74) is 7.20. The molecule has 3 amide bonds. The van der Waals surface area contributed by atoms with Gasteiger partial charge in [0.25, 0.3) is 0 Å². The van der Waals surface area contributed by atoms with Crippen molar-refractivity contribution in [1.82, 2.24) is 10.2 Å². The van der Waals surface area contributed by atoms with Gasteiger partial charge in [0.2, 0.25) is 5.91 Å². The number of sulfone groups is 1. The van der Waals surface area contributed by atoms with Gasteiger partial charge in [-0.15, -0.1) is 0 Å². The molecular formula is C20H30N4O7S. The molecule has 178 valence electrons. The van der Waals surface area contributed by atoms with Gasteiger partial charge in [-0.1, -0.05) is 18.7 Å². The minimum Gasteiger partial charge on any atom is -0.445 e. The molecule has 0 aliphatic heterocycles. The van der Waals surface area contributed by atoms with Gasteiger partial charge in [0, 0.05) is 32.1 Å². The van der Waals surface area contributed by atoms with E-state index in [0.29, 0.717) is 16.8 Å². The molecule has 0 bridgehead atoms. The van der Waals surface area contributed by atoms with Gasteiger partial charge >= 0.3 is 12.2 Å². The van der Waals surface area contributed by atoms with Crippen LogP contribution in [0.3, 0.4) is 0 Å². The third-order valence-corrected chi connectivity index (χ3v) is 4.98. The Morgan fingerprint density at radius 1 is 1.25 bits per heavy atom. The van der Waals surface area contributed by atoms with Gasteiger partial charge in [0.05, 0.1) is 11.8 Å². The first-order valence-electron chi connectivity index (χ1n) is 9.68. The summed E-state index contributed by atoms with van der Waals surface area (Å²) in [6.45, 7) is 4.97. The van der Waals surface area contributed by atoms with Crippen LogP contribution in [-0.2, 0) is 37.3 Å². The number of hydrogen-bond donors (Lipinski definition) is 3. The predicted molar refractivity (Wildman–Crippen MR) is 120 cm³/mol. The van der Waals surface area contributed by atoms with Crippen LogP contribution in [0.1, 0.15) is 18.1 Å². The second-order valence-electron chi connectivity index (χ2n) is 7.12. The standard InChI is InChI=1S/C20H30N4O7S/c1-5-9-30-20(27)24(3)12-16-11-17(23-18(25)14(2)21)7-6-15(16)13-31-19(26)22-8-10-32(4,28)29/h5-7,11,14H,1,8-10,12-13,21H2,2-4H3,(H,22,26)(H,23,25)/t14-/m0/s1. The number of anilines is 1. The second kappa shape index (κ2) is 12.7. The molecule has 32 heavy (non-hydrogen) atoms. The van der Waals surface area contributed by atoms with Crippen LogP contribution in [-0.4, -0.2) is 69.7 Å². The van der Waals surface area contributed by atoms with Crippen LogP contribution < -0.4 is 16.4 Å². The van der Waals surface area contributed by atoms with Crippen molar-refractivity contribution in [1.29, 1.82) is 0 Å². The number of rotatable bonds is 11. The van der Waals surface area contributed by atoms with Crippen molar-refractivity contribution in [3.8, 4) is 0 Å². The van der Waals surface area contributed by atoms with Gasteiger partial charge in [0.15, 0.2) is 0 Å². The van der Waals surface area contributed by atoms with Crippen LogP contribution >= 0.6 is 0 Å². The monoisotopic (exact) mass is 470 g/mol. The first kappa shape index (κ1) is 26.9. The average Bonchev–Trinajstić information content (AvgIpc) is 2.70. The van der Waals surface area contributed by atoms with Crippen LogP contribution in [0.2, 0.25) is 0 Å². The number of benzene rings is 1. The summed E-state index contributed by atoms with van der Waals surface area (Å²) >= 11 is 0. The maximum absolute atomic E-state index is 12.1. The molecule has 1 atom stereocenters. The Morgan fingerprint density at radius 3 is 2.53 bits per heavy atom. The molecule has 0 radical (unpaired) electrons. The number of ether oxygens (including phenoxy) is 2. The fraction of sp³-hybridized carbons (Fsp3) is 0.450. The van der Waals surface area contributed by atoms with E-state index in [1.807, 2.05) is 0 Å². The molecule has 1 rings (SSSR count). The van der Waals surface area contributed by atoms with E-state index >= 15 is 0 Å². The maximum atomic E-state index is 12.1. The average molecular weight is 471 g/mol. The van der Waals surface area contributed by atoms with E-state index < -0.39 is 28.1 Å². The van der Waals surface area contributed by atoms with Crippen LogP contribution in [0.4, 0.5) is 15.3 Å². The van der Waals surface area contributed by atoms with E-state index in [-0.39, 0.29) is 38.0 Å². The van der Waals surface area contributed by atoms with Crippen molar-refractivity contribution in [2.45, 2.75) is 26.1 Å². The summed E-state index contributed by atoms with van der Waals surface area (Å²) in [7, 11) is -1.68. The van der Waals surface area contributed by atoms with E-state index in [1.165, 1.54) is 18.0 Å². The lowest BCUT2D eigenvalue weighted by Gasteiger charge is -2.20. The summed E-state index contributed by atoms with van der Waals surface area (Å²) < 4.78 is 32.4. The lowest BCUT2D eigenvalue weighted by atomic mass is 10.1. The fourth-order valence-electron chi connectivity index (χ4n) is 2.34. The van der Waals surface area contributed by atoms with Gasteiger partial charge in [-0.3, -0.25) is 4.79 Å². The van der Waals surface area contributed by atoms with E-state index in [1.54, 1.807) is 25.1 Å². The first-order chi connectivity index (χ1) is 14.9. The Bertz CT molecular complexity index is 932. The highest BCUT2D eigenvalue weighted by Gasteiger charge is 2.16. The molecular weight excluding hydrogens is 440 g/mol. The van der Waals surface area contributed by atoms with E-state index in [9.17, 15) is 22.8 Å². The second-order valence-corrected chi connectivity index (χ2v) is 9.38. The van der Waals surface area contributed by atoms with E-state index in [2.05, 4.69) is 17.2 Å². The Balaban J connectivity index is 2.92. The molecule has 0 saturated carbocycles. The van der Waals surface area contributed by atoms with Crippen molar-refractivity contribution >= 4 is 33.6 Å². The molecule has 0 aliphatic rings. The summed E-state index contributed by atoms with van der Waals surface area (Å²) in [6.07, 6.45) is 1.14. The number of hydrogen-bond acceptors (Lipinski definition) is 8. The topological polar surface area (TPSA) is 157 Å². The number of carbonyl (C=O) groups is 3. The molecule has 1 aromatic rings. The van der Waals surface area contributed by atoms with Crippen molar-refractivity contribution in [3.05, 3.63) is 42.0 Å². The molecule has 1 aromatic carbocycles. The normalized spacial score (nSPS) is 11.8. The number of carbonyl (C=O) groups excluding carboxylic acids is 3. The van der Waals surface area contributed by atoms with Crippen molar-refractivity contribution in [2.75, 3.05) is 37.5 Å². The maximum Gasteiger partial charge on any atom is 0.410 e. The minimum atomic E-state index is -3.21. The highest BCUT2D eigenvalue weighted by Crippen LogP contribution is 2.19. The zero-order chi connectivity index (χ0) is 24.3. The third kappa shape index (κ3) is 10.3. The number of amides is 3. The zero-order valence-electron chi connectivity index (χ0n) is 18.4.